The van der Waals surface area contributed by atoms with Crippen molar-refractivity contribution in [1.29, 1.82) is 0 Å². The molecule has 39 valence electrons. The smallest absolute Gasteiger partial charge is 0.273 e. The number of rotatable bonds is 0. The lowest BCUT2D eigenvalue weighted by molar-refractivity contribution is 0.138. The van der Waals surface area contributed by atoms with Gasteiger partial charge in [-0.15, -0.1) is 0 Å². The Morgan fingerprint density at radius 1 is 1.71 bits per heavy atom. The summed E-state index contributed by atoms with van der Waals surface area (Å²) in [6.07, 6.45) is 2.44. The van der Waals surface area contributed by atoms with Crippen LogP contribution < -0.4 is 0 Å². The second kappa shape index (κ2) is 1.22. The van der Waals surface area contributed by atoms with Crippen molar-refractivity contribution < 1.29 is 4.74 Å². The van der Waals surface area contributed by atoms with Crippen LogP contribution in [0.5, 0.6) is 0 Å². The summed E-state index contributed by atoms with van der Waals surface area (Å²) in [6.45, 7) is 4.71. The molecule has 1 aliphatic rings. The molecule has 0 aliphatic carbocycles. The van der Waals surface area contributed by atoms with Gasteiger partial charge in [-0.3, -0.25) is 0 Å². The van der Waals surface area contributed by atoms with Gasteiger partial charge < -0.3 is 4.74 Å². The van der Waals surface area contributed by atoms with Gasteiger partial charge in [-0.05, 0) is 13.8 Å². The normalized spacial score (nSPS) is 24.9. The van der Waals surface area contributed by atoms with E-state index < -0.39 is 0 Å². The quantitative estimate of drug-likeness (QED) is 0.437. The van der Waals surface area contributed by atoms with E-state index in [4.69, 9.17) is 4.74 Å². The average molecular weight is 98.1 g/mol. The molecule has 0 atom stereocenters. The third-order valence-electron chi connectivity index (χ3n) is 0.846. The van der Waals surface area contributed by atoms with Crippen LogP contribution in [0.25, 0.3) is 0 Å². The maximum Gasteiger partial charge on any atom is 0.273 e. The Hall–Kier alpha value is -0.530. The summed E-state index contributed by atoms with van der Waals surface area (Å²) in [5.74, 6) is 0. The lowest BCUT2D eigenvalue weighted by Crippen LogP contribution is -2.21. The summed E-state index contributed by atoms with van der Waals surface area (Å²) in [6, 6.07) is 0. The second-order valence-corrected chi connectivity index (χ2v) is 2.27. The Bertz CT molecular complexity index is 86.3. The molecule has 0 saturated heterocycles. The molecule has 0 amide bonds. The van der Waals surface area contributed by atoms with Crippen molar-refractivity contribution in [2.24, 2.45) is 4.99 Å². The van der Waals surface area contributed by atoms with Gasteiger partial charge in [0.1, 0.15) is 5.60 Å². The lowest BCUT2D eigenvalue weighted by atomic mass is 10.1. The van der Waals surface area contributed by atoms with Crippen LogP contribution in [0, 0.1) is 0 Å². The number of nitrogens with zero attached hydrogens (tertiary/aromatic N) is 1. The van der Waals surface area contributed by atoms with Crippen LogP contribution in [-0.2, 0) is 4.74 Å². The minimum atomic E-state index is -0.0833. The van der Waals surface area contributed by atoms with Crippen molar-refractivity contribution >= 4 is 6.40 Å². The highest BCUT2D eigenvalue weighted by Gasteiger charge is 2.21. The SMILES string of the molecule is CC1(C)CN=[C]O1. The molecule has 0 N–H and O–H groups in total. The van der Waals surface area contributed by atoms with E-state index in [0.29, 0.717) is 0 Å². The molecule has 0 spiro atoms. The monoisotopic (exact) mass is 98.1 g/mol. The van der Waals surface area contributed by atoms with Crippen molar-refractivity contribution in [1.82, 2.24) is 0 Å². The van der Waals surface area contributed by atoms with Gasteiger partial charge in [0.15, 0.2) is 0 Å². The van der Waals surface area contributed by atoms with Gasteiger partial charge >= 0.3 is 0 Å². The van der Waals surface area contributed by atoms with E-state index in [1.165, 1.54) is 0 Å². The van der Waals surface area contributed by atoms with E-state index in [0.717, 1.165) is 6.54 Å². The molecule has 0 aromatic carbocycles. The maximum absolute atomic E-state index is 4.92. The third-order valence-corrected chi connectivity index (χ3v) is 0.846. The maximum atomic E-state index is 4.92. The van der Waals surface area contributed by atoms with E-state index >= 15 is 0 Å². The highest BCUT2D eigenvalue weighted by Crippen LogP contribution is 2.11. The van der Waals surface area contributed by atoms with E-state index in [9.17, 15) is 0 Å². The zero-order valence-electron chi connectivity index (χ0n) is 4.56. The van der Waals surface area contributed by atoms with E-state index in [-0.39, 0.29) is 5.60 Å². The summed E-state index contributed by atoms with van der Waals surface area (Å²) in [7, 11) is 0. The number of hydrogen-bond acceptors (Lipinski definition) is 2. The largest absolute Gasteiger partial charge is 0.466 e. The highest BCUT2D eigenvalue weighted by molar-refractivity contribution is 5.49. The fourth-order valence-corrected chi connectivity index (χ4v) is 0.411. The molecule has 2 heteroatoms. The number of ether oxygens (including phenoxy) is 1. The van der Waals surface area contributed by atoms with Crippen LogP contribution in [0.3, 0.4) is 0 Å². The number of aliphatic imine (C=N–C) groups is 1. The Balaban J connectivity index is 2.49. The fourth-order valence-electron chi connectivity index (χ4n) is 0.411. The van der Waals surface area contributed by atoms with Crippen LogP contribution in [0.1, 0.15) is 13.8 Å². The van der Waals surface area contributed by atoms with Gasteiger partial charge in [-0.1, -0.05) is 0 Å². The summed E-state index contributed by atoms with van der Waals surface area (Å²) in [5.41, 5.74) is -0.0833. The van der Waals surface area contributed by atoms with Crippen molar-refractivity contribution in [2.45, 2.75) is 19.4 Å². The van der Waals surface area contributed by atoms with Gasteiger partial charge in [0.2, 0.25) is 0 Å². The first-order valence-corrected chi connectivity index (χ1v) is 2.30. The second-order valence-electron chi connectivity index (χ2n) is 2.27. The predicted molar refractivity (Wildman–Crippen MR) is 27.5 cm³/mol. The zero-order chi connectivity index (χ0) is 5.33. The topological polar surface area (TPSA) is 21.6 Å². The molecule has 0 saturated carbocycles. The van der Waals surface area contributed by atoms with Gasteiger partial charge in [0, 0.05) is 0 Å². The standard InChI is InChI=1S/C5H8NO/c1-5(2)3-6-4-7-5/h3H2,1-2H3. The third kappa shape index (κ3) is 0.918. The van der Waals surface area contributed by atoms with Gasteiger partial charge in [-0.2, -0.15) is 0 Å². The minimum absolute atomic E-state index is 0.0833. The molecular weight excluding hydrogens is 90.1 g/mol. The first kappa shape index (κ1) is 4.62. The average Bonchev–Trinajstić information content (AvgIpc) is 1.84. The first-order chi connectivity index (χ1) is 3.21. The van der Waals surface area contributed by atoms with Crippen LogP contribution in [0.2, 0.25) is 0 Å². The summed E-state index contributed by atoms with van der Waals surface area (Å²) in [5, 5.41) is 0. The Labute approximate surface area is 43.2 Å². The van der Waals surface area contributed by atoms with Crippen molar-refractivity contribution in [3.8, 4) is 0 Å². The molecule has 0 fully saturated rings. The molecule has 7 heavy (non-hydrogen) atoms. The Morgan fingerprint density at radius 2 is 2.43 bits per heavy atom. The van der Waals surface area contributed by atoms with Crippen LogP contribution in [-0.4, -0.2) is 18.5 Å². The van der Waals surface area contributed by atoms with Gasteiger partial charge in [0.05, 0.1) is 6.54 Å². The van der Waals surface area contributed by atoms with E-state index in [1.807, 2.05) is 13.8 Å². The Morgan fingerprint density at radius 3 is 2.57 bits per heavy atom. The highest BCUT2D eigenvalue weighted by atomic mass is 16.5. The predicted octanol–water partition coefficient (Wildman–Crippen LogP) is 0.701. The van der Waals surface area contributed by atoms with Crippen LogP contribution >= 0.6 is 0 Å². The molecule has 1 radical (unpaired) electrons. The van der Waals surface area contributed by atoms with Crippen LogP contribution in [0.15, 0.2) is 4.99 Å². The fraction of sp³-hybridized carbons (Fsp3) is 0.800. The Kier molecular flexibility index (Phi) is 0.805. The molecule has 1 aliphatic heterocycles. The molecular formula is C5H8NO. The molecule has 1 rings (SSSR count). The van der Waals surface area contributed by atoms with E-state index in [2.05, 4.69) is 11.4 Å². The first-order valence-electron chi connectivity index (χ1n) is 2.30. The van der Waals surface area contributed by atoms with Gasteiger partial charge in [-0.25, -0.2) is 4.99 Å². The molecule has 0 unspecified atom stereocenters. The summed E-state index contributed by atoms with van der Waals surface area (Å²) in [4.78, 5) is 3.76. The lowest BCUT2D eigenvalue weighted by Gasteiger charge is -2.12. The van der Waals surface area contributed by atoms with Gasteiger partial charge in [0.25, 0.3) is 6.40 Å². The van der Waals surface area contributed by atoms with Crippen molar-refractivity contribution in [2.75, 3.05) is 6.54 Å². The zero-order valence-corrected chi connectivity index (χ0v) is 4.56. The van der Waals surface area contributed by atoms with Crippen LogP contribution in [0.4, 0.5) is 0 Å². The summed E-state index contributed by atoms with van der Waals surface area (Å²) < 4.78 is 4.92. The van der Waals surface area contributed by atoms with Crippen molar-refractivity contribution in [3.63, 3.8) is 0 Å². The molecule has 0 bridgehead atoms. The molecule has 0 aromatic heterocycles. The van der Waals surface area contributed by atoms with E-state index in [1.54, 1.807) is 0 Å². The number of hydrogen-bond donors (Lipinski definition) is 0. The molecule has 1 heterocycles. The summed E-state index contributed by atoms with van der Waals surface area (Å²) >= 11 is 0. The van der Waals surface area contributed by atoms with Crippen molar-refractivity contribution in [3.05, 3.63) is 0 Å². The molecule has 0 aromatic rings. The molecule has 2 nitrogen and oxygen atoms in total. The minimum Gasteiger partial charge on any atom is -0.466 e.